The lowest BCUT2D eigenvalue weighted by Gasteiger charge is -2.33. The summed E-state index contributed by atoms with van der Waals surface area (Å²) in [6.45, 7) is 10.1. The minimum absolute atomic E-state index is 0.130. The highest BCUT2D eigenvalue weighted by Crippen LogP contribution is 2.25. The fraction of sp³-hybridized carbons (Fsp3) is 0.500. The topological polar surface area (TPSA) is 80.0 Å². The van der Waals surface area contributed by atoms with Crippen LogP contribution in [0.3, 0.4) is 0 Å². The predicted octanol–water partition coefficient (Wildman–Crippen LogP) is 2.35. The van der Waals surface area contributed by atoms with Gasteiger partial charge in [0.2, 0.25) is 0 Å². The molecule has 0 fully saturated rings. The second kappa shape index (κ2) is 7.13. The largest absolute Gasteiger partial charge is 0.392 e. The summed E-state index contributed by atoms with van der Waals surface area (Å²) in [5.41, 5.74) is 0.832. The molecule has 2 rings (SSSR count). The molecule has 2 N–H and O–H groups in total. The molecule has 24 heavy (non-hydrogen) atoms. The average molecular weight is 330 g/mol. The summed E-state index contributed by atoms with van der Waals surface area (Å²) in [7, 11) is 0. The van der Waals surface area contributed by atoms with E-state index in [4.69, 9.17) is 0 Å². The third-order valence-electron chi connectivity index (χ3n) is 4.26. The van der Waals surface area contributed by atoms with Crippen molar-refractivity contribution >= 4 is 5.91 Å². The Labute approximate surface area is 142 Å². The fourth-order valence-corrected chi connectivity index (χ4v) is 2.75. The van der Waals surface area contributed by atoms with Crippen molar-refractivity contribution < 1.29 is 9.90 Å². The number of rotatable bonds is 6. The number of nitrogens with one attached hydrogen (secondary N) is 1. The van der Waals surface area contributed by atoms with Crippen molar-refractivity contribution in [1.82, 2.24) is 20.1 Å². The standard InChI is InChI=1S/C18H26N4O2/c1-12(2)16(23)18(4,5)11-20-17(24)14-10-21-22(13(14)3)15-8-6-7-9-19-15/h6-10,12,16,23H,11H2,1-5H3,(H,20,24). The van der Waals surface area contributed by atoms with Gasteiger partial charge in [-0.15, -0.1) is 0 Å². The van der Waals surface area contributed by atoms with E-state index in [1.165, 1.54) is 0 Å². The van der Waals surface area contributed by atoms with E-state index in [9.17, 15) is 9.90 Å². The van der Waals surface area contributed by atoms with Crippen LogP contribution in [0.25, 0.3) is 5.82 Å². The minimum Gasteiger partial charge on any atom is -0.392 e. The number of nitrogens with zero attached hydrogens (tertiary/aromatic N) is 3. The lowest BCUT2D eigenvalue weighted by molar-refractivity contribution is 0.0138. The van der Waals surface area contributed by atoms with E-state index in [0.29, 0.717) is 17.9 Å². The number of pyridine rings is 1. The van der Waals surface area contributed by atoms with Crippen LogP contribution in [0.2, 0.25) is 0 Å². The van der Waals surface area contributed by atoms with Crippen LogP contribution in [0.15, 0.2) is 30.6 Å². The highest BCUT2D eigenvalue weighted by atomic mass is 16.3. The first-order valence-electron chi connectivity index (χ1n) is 8.16. The Morgan fingerprint density at radius 1 is 1.38 bits per heavy atom. The number of carbonyl (C=O) groups is 1. The van der Waals surface area contributed by atoms with E-state index >= 15 is 0 Å². The number of hydrogen-bond donors (Lipinski definition) is 2. The second-order valence-corrected chi connectivity index (χ2v) is 7.10. The molecule has 0 saturated carbocycles. The predicted molar refractivity (Wildman–Crippen MR) is 93.1 cm³/mol. The van der Waals surface area contributed by atoms with Gasteiger partial charge in [-0.2, -0.15) is 5.10 Å². The Kier molecular flexibility index (Phi) is 5.39. The first-order chi connectivity index (χ1) is 11.2. The van der Waals surface area contributed by atoms with E-state index < -0.39 is 11.5 Å². The molecular formula is C18H26N4O2. The van der Waals surface area contributed by atoms with Gasteiger partial charge in [-0.3, -0.25) is 4.79 Å². The molecule has 2 heterocycles. The Hall–Kier alpha value is -2.21. The Bertz CT molecular complexity index is 692. The zero-order valence-corrected chi connectivity index (χ0v) is 14.9. The van der Waals surface area contributed by atoms with E-state index in [0.717, 1.165) is 5.69 Å². The van der Waals surface area contributed by atoms with Crippen LogP contribution in [0.4, 0.5) is 0 Å². The number of hydrogen-bond acceptors (Lipinski definition) is 4. The van der Waals surface area contributed by atoms with E-state index in [-0.39, 0.29) is 11.8 Å². The molecule has 0 radical (unpaired) electrons. The molecule has 6 nitrogen and oxygen atoms in total. The first kappa shape index (κ1) is 18.1. The van der Waals surface area contributed by atoms with Crippen molar-refractivity contribution in [2.24, 2.45) is 11.3 Å². The monoisotopic (exact) mass is 330 g/mol. The molecule has 2 aromatic rings. The molecule has 1 amide bonds. The molecule has 0 spiro atoms. The van der Waals surface area contributed by atoms with Crippen LogP contribution in [0.1, 0.15) is 43.7 Å². The fourth-order valence-electron chi connectivity index (χ4n) is 2.75. The van der Waals surface area contributed by atoms with Crippen molar-refractivity contribution in [2.75, 3.05) is 6.54 Å². The van der Waals surface area contributed by atoms with Crippen molar-refractivity contribution in [3.63, 3.8) is 0 Å². The van der Waals surface area contributed by atoms with Crippen LogP contribution < -0.4 is 5.32 Å². The number of carbonyl (C=O) groups excluding carboxylic acids is 1. The van der Waals surface area contributed by atoms with Gasteiger partial charge in [0.15, 0.2) is 5.82 Å². The summed E-state index contributed by atoms with van der Waals surface area (Å²) in [5.74, 6) is 0.605. The maximum absolute atomic E-state index is 12.5. The van der Waals surface area contributed by atoms with Gasteiger partial charge in [-0.05, 0) is 25.0 Å². The normalized spacial score (nSPS) is 13.1. The molecule has 0 aliphatic carbocycles. The van der Waals surface area contributed by atoms with Crippen LogP contribution >= 0.6 is 0 Å². The van der Waals surface area contributed by atoms with Crippen molar-refractivity contribution in [3.05, 3.63) is 41.9 Å². The molecule has 0 aliphatic rings. The van der Waals surface area contributed by atoms with E-state index in [2.05, 4.69) is 15.4 Å². The summed E-state index contributed by atoms with van der Waals surface area (Å²) >= 11 is 0. The SMILES string of the molecule is Cc1c(C(=O)NCC(C)(C)C(O)C(C)C)cnn1-c1ccccn1. The number of aromatic nitrogens is 3. The Morgan fingerprint density at radius 2 is 2.08 bits per heavy atom. The number of aliphatic hydroxyl groups is 1. The number of amides is 1. The van der Waals surface area contributed by atoms with Crippen molar-refractivity contribution in [2.45, 2.75) is 40.7 Å². The van der Waals surface area contributed by atoms with E-state index in [1.807, 2.05) is 52.8 Å². The molecular weight excluding hydrogens is 304 g/mol. The first-order valence-corrected chi connectivity index (χ1v) is 8.16. The number of aliphatic hydroxyl groups excluding tert-OH is 1. The summed E-state index contributed by atoms with van der Waals surface area (Å²) in [6, 6.07) is 5.54. The molecule has 130 valence electrons. The van der Waals surface area contributed by atoms with Crippen LogP contribution in [-0.2, 0) is 0 Å². The maximum atomic E-state index is 12.5. The van der Waals surface area contributed by atoms with Gasteiger partial charge < -0.3 is 10.4 Å². The smallest absolute Gasteiger partial charge is 0.254 e. The Balaban J connectivity index is 2.10. The summed E-state index contributed by atoms with van der Waals surface area (Å²) in [5, 5.41) is 17.4. The molecule has 0 bridgehead atoms. The lowest BCUT2D eigenvalue weighted by atomic mass is 9.80. The minimum atomic E-state index is -0.491. The van der Waals surface area contributed by atoms with Gasteiger partial charge in [0, 0.05) is 18.2 Å². The summed E-state index contributed by atoms with van der Waals surface area (Å²) in [6.07, 6.45) is 2.74. The molecule has 6 heteroatoms. The van der Waals surface area contributed by atoms with E-state index in [1.54, 1.807) is 17.1 Å². The summed E-state index contributed by atoms with van der Waals surface area (Å²) in [4.78, 5) is 16.7. The molecule has 0 saturated heterocycles. The van der Waals surface area contributed by atoms with Gasteiger partial charge in [0.1, 0.15) is 0 Å². The van der Waals surface area contributed by atoms with Crippen LogP contribution in [-0.4, -0.2) is 38.4 Å². The zero-order valence-electron chi connectivity index (χ0n) is 14.9. The van der Waals surface area contributed by atoms with Crippen molar-refractivity contribution in [3.8, 4) is 5.82 Å². The van der Waals surface area contributed by atoms with Gasteiger partial charge in [0.05, 0.1) is 23.6 Å². The third-order valence-corrected chi connectivity index (χ3v) is 4.26. The van der Waals surface area contributed by atoms with Crippen molar-refractivity contribution in [1.29, 1.82) is 0 Å². The second-order valence-electron chi connectivity index (χ2n) is 7.10. The van der Waals surface area contributed by atoms with Crippen LogP contribution in [0.5, 0.6) is 0 Å². The lowest BCUT2D eigenvalue weighted by Crippen LogP contribution is -2.43. The Morgan fingerprint density at radius 3 is 2.67 bits per heavy atom. The quantitative estimate of drug-likeness (QED) is 0.852. The highest BCUT2D eigenvalue weighted by Gasteiger charge is 2.31. The highest BCUT2D eigenvalue weighted by molar-refractivity contribution is 5.95. The van der Waals surface area contributed by atoms with Gasteiger partial charge >= 0.3 is 0 Å². The molecule has 0 aliphatic heterocycles. The maximum Gasteiger partial charge on any atom is 0.254 e. The zero-order chi connectivity index (χ0) is 17.9. The molecule has 1 atom stereocenters. The van der Waals surface area contributed by atoms with Gasteiger partial charge in [-0.25, -0.2) is 9.67 Å². The average Bonchev–Trinajstić information content (AvgIpc) is 2.94. The van der Waals surface area contributed by atoms with Gasteiger partial charge in [-0.1, -0.05) is 33.8 Å². The molecule has 1 unspecified atom stereocenters. The van der Waals surface area contributed by atoms with Gasteiger partial charge in [0.25, 0.3) is 5.91 Å². The van der Waals surface area contributed by atoms with Crippen LogP contribution in [0, 0.1) is 18.3 Å². The molecule has 0 aromatic carbocycles. The third kappa shape index (κ3) is 3.82. The molecule has 2 aromatic heterocycles. The summed E-state index contributed by atoms with van der Waals surface area (Å²) < 4.78 is 1.64.